The molecular weight excluding hydrogens is 392 g/mol. The van der Waals surface area contributed by atoms with Gasteiger partial charge in [-0.05, 0) is 53.7 Å². The summed E-state index contributed by atoms with van der Waals surface area (Å²) < 4.78 is 10.0. The average molecular weight is 423 g/mol. The third kappa shape index (κ3) is 13.1. The van der Waals surface area contributed by atoms with Gasteiger partial charge in [0, 0.05) is 5.75 Å². The first-order valence-corrected chi connectivity index (χ1v) is 9.78. The molecule has 10 nitrogen and oxygen atoms in total. The first-order valence-electron chi connectivity index (χ1n) is 8.63. The van der Waals surface area contributed by atoms with Crippen molar-refractivity contribution >= 4 is 35.9 Å². The maximum atomic E-state index is 11.7. The molecular formula is C17H30N2O8S. The van der Waals surface area contributed by atoms with Crippen molar-refractivity contribution in [3.05, 3.63) is 0 Å². The molecule has 0 radical (unpaired) electrons. The van der Waals surface area contributed by atoms with Crippen LogP contribution >= 0.6 is 11.8 Å². The predicted octanol–water partition coefficient (Wildman–Crippen LogP) is 2.07. The second kappa shape index (κ2) is 11.0. The van der Waals surface area contributed by atoms with Crippen LogP contribution in [-0.2, 0) is 19.1 Å². The highest BCUT2D eigenvalue weighted by atomic mass is 32.2. The minimum atomic E-state index is -1.24. The lowest BCUT2D eigenvalue weighted by molar-refractivity contribution is -0.140. The molecule has 2 unspecified atom stereocenters. The number of aliphatic carboxylic acids is 2. The van der Waals surface area contributed by atoms with Crippen molar-refractivity contribution < 1.29 is 38.9 Å². The van der Waals surface area contributed by atoms with E-state index in [1.165, 1.54) is 0 Å². The maximum Gasteiger partial charge on any atom is 0.408 e. The molecule has 0 bridgehead atoms. The van der Waals surface area contributed by atoms with Gasteiger partial charge in [-0.15, -0.1) is 0 Å². The second-order valence-electron chi connectivity index (χ2n) is 7.94. The maximum absolute atomic E-state index is 11.7. The smallest absolute Gasteiger partial charge is 0.408 e. The van der Waals surface area contributed by atoms with Crippen LogP contribution in [0, 0.1) is 0 Å². The van der Waals surface area contributed by atoms with E-state index >= 15 is 0 Å². The van der Waals surface area contributed by atoms with Crippen LogP contribution in [-0.4, -0.2) is 69.1 Å². The number of carbonyl (C=O) groups excluding carboxylic acids is 2. The van der Waals surface area contributed by atoms with Crippen LogP contribution in [0.4, 0.5) is 9.59 Å². The van der Waals surface area contributed by atoms with Crippen molar-refractivity contribution in [1.29, 1.82) is 0 Å². The Bertz CT molecular complexity index is 518. The highest BCUT2D eigenvalue weighted by Gasteiger charge is 2.26. The van der Waals surface area contributed by atoms with Gasteiger partial charge in [0.25, 0.3) is 0 Å². The summed E-state index contributed by atoms with van der Waals surface area (Å²) in [6, 6.07) is -2.37. The fourth-order valence-corrected chi connectivity index (χ4v) is 2.76. The van der Waals surface area contributed by atoms with Crippen LogP contribution in [0.25, 0.3) is 0 Å². The number of carboxylic acids is 2. The highest BCUT2D eigenvalue weighted by Crippen LogP contribution is 2.11. The Balaban J connectivity index is 4.51. The molecule has 0 heterocycles. The van der Waals surface area contributed by atoms with Gasteiger partial charge in [-0.1, -0.05) is 0 Å². The van der Waals surface area contributed by atoms with Crippen LogP contribution in [0.3, 0.4) is 0 Å². The van der Waals surface area contributed by atoms with E-state index in [9.17, 15) is 29.4 Å². The monoisotopic (exact) mass is 422 g/mol. The predicted molar refractivity (Wildman–Crippen MR) is 104 cm³/mol. The van der Waals surface area contributed by atoms with Gasteiger partial charge in [-0.25, -0.2) is 19.2 Å². The number of alkyl carbamates (subject to hydrolysis) is 2. The Morgan fingerprint density at radius 1 is 0.821 bits per heavy atom. The van der Waals surface area contributed by atoms with E-state index in [1.54, 1.807) is 41.5 Å². The number of carboxylic acid groups (broad SMARTS) is 2. The lowest BCUT2D eigenvalue weighted by Crippen LogP contribution is -2.45. The summed E-state index contributed by atoms with van der Waals surface area (Å²) in [4.78, 5) is 45.9. The number of ether oxygens (including phenoxy) is 2. The summed E-state index contributed by atoms with van der Waals surface area (Å²) in [6.45, 7) is 9.92. The van der Waals surface area contributed by atoms with E-state index in [0.717, 1.165) is 11.8 Å². The standard InChI is InChI=1S/C17H30N2O8S/c1-16(2,3)26-14(24)18-10(12(20)21)7-8-28-9-11(13(22)23)19-15(25)27-17(4,5)6/h10-11H,7-9H2,1-6H3,(H,18,24)(H,19,25)(H,20,21)(H,22,23). The molecule has 0 spiro atoms. The summed E-state index contributed by atoms with van der Waals surface area (Å²) in [5.74, 6) is -2.21. The topological polar surface area (TPSA) is 151 Å². The molecule has 11 heteroatoms. The summed E-state index contributed by atoms with van der Waals surface area (Å²) in [5, 5.41) is 22.9. The van der Waals surface area contributed by atoms with Gasteiger partial charge in [0.2, 0.25) is 0 Å². The Morgan fingerprint density at radius 3 is 1.57 bits per heavy atom. The summed E-state index contributed by atoms with van der Waals surface area (Å²) in [5.41, 5.74) is -1.52. The normalized spacial score (nSPS) is 13.8. The van der Waals surface area contributed by atoms with Crippen LogP contribution in [0.15, 0.2) is 0 Å². The number of hydrogen-bond acceptors (Lipinski definition) is 7. The molecule has 0 aliphatic carbocycles. The molecule has 0 aromatic rings. The van der Waals surface area contributed by atoms with Gasteiger partial charge in [0.1, 0.15) is 23.3 Å². The molecule has 0 rings (SSSR count). The molecule has 0 aliphatic heterocycles. The SMILES string of the molecule is CC(C)(C)OC(=O)NC(CCSCC(NC(=O)OC(C)(C)C)C(=O)O)C(=O)O. The summed E-state index contributed by atoms with van der Waals surface area (Å²) >= 11 is 1.13. The van der Waals surface area contributed by atoms with Crippen molar-refractivity contribution in [1.82, 2.24) is 10.6 Å². The van der Waals surface area contributed by atoms with Gasteiger partial charge in [-0.2, -0.15) is 11.8 Å². The minimum absolute atomic E-state index is 0.00729. The lowest BCUT2D eigenvalue weighted by Gasteiger charge is -2.22. The summed E-state index contributed by atoms with van der Waals surface area (Å²) in [6.07, 6.45) is -1.65. The van der Waals surface area contributed by atoms with Gasteiger partial charge in [0.15, 0.2) is 0 Å². The molecule has 0 aromatic carbocycles. The molecule has 0 aromatic heterocycles. The number of thioether (sulfide) groups is 1. The third-order valence-corrected chi connectivity index (χ3v) is 3.91. The van der Waals surface area contributed by atoms with Crippen LogP contribution in [0.1, 0.15) is 48.0 Å². The number of amides is 2. The van der Waals surface area contributed by atoms with Crippen LogP contribution < -0.4 is 10.6 Å². The quantitative estimate of drug-likeness (QED) is 0.409. The minimum Gasteiger partial charge on any atom is -0.480 e. The highest BCUT2D eigenvalue weighted by molar-refractivity contribution is 7.99. The molecule has 0 fully saturated rings. The van der Waals surface area contributed by atoms with Gasteiger partial charge in [0.05, 0.1) is 0 Å². The molecule has 0 saturated carbocycles. The number of hydrogen-bond donors (Lipinski definition) is 4. The van der Waals surface area contributed by atoms with E-state index in [2.05, 4.69) is 10.6 Å². The summed E-state index contributed by atoms with van der Waals surface area (Å²) in [7, 11) is 0. The molecule has 2 atom stereocenters. The molecule has 4 N–H and O–H groups in total. The van der Waals surface area contributed by atoms with Crippen molar-refractivity contribution in [3.63, 3.8) is 0 Å². The first-order chi connectivity index (χ1) is 12.6. The Morgan fingerprint density at radius 2 is 1.21 bits per heavy atom. The number of nitrogens with one attached hydrogen (secondary N) is 2. The van der Waals surface area contributed by atoms with E-state index in [-0.39, 0.29) is 17.9 Å². The van der Waals surface area contributed by atoms with Crippen molar-refractivity contribution in [2.75, 3.05) is 11.5 Å². The van der Waals surface area contributed by atoms with Crippen molar-refractivity contribution in [2.24, 2.45) is 0 Å². The van der Waals surface area contributed by atoms with Gasteiger partial charge in [-0.3, -0.25) is 0 Å². The van der Waals surface area contributed by atoms with E-state index in [1.807, 2.05) is 0 Å². The van der Waals surface area contributed by atoms with Gasteiger partial charge >= 0.3 is 24.1 Å². The zero-order valence-corrected chi connectivity index (χ0v) is 17.8. The van der Waals surface area contributed by atoms with E-state index < -0.39 is 47.4 Å². The van der Waals surface area contributed by atoms with Gasteiger partial charge < -0.3 is 30.3 Å². The van der Waals surface area contributed by atoms with E-state index in [0.29, 0.717) is 0 Å². The molecule has 2 amide bonds. The first kappa shape index (κ1) is 25.8. The number of rotatable bonds is 9. The third-order valence-electron chi connectivity index (χ3n) is 2.81. The van der Waals surface area contributed by atoms with Crippen molar-refractivity contribution in [2.45, 2.75) is 71.2 Å². The molecule has 0 aliphatic rings. The Labute approximate surface area is 168 Å². The molecule has 28 heavy (non-hydrogen) atoms. The zero-order valence-electron chi connectivity index (χ0n) is 17.0. The Hall–Kier alpha value is -2.17. The zero-order chi connectivity index (χ0) is 22.1. The molecule has 162 valence electrons. The second-order valence-corrected chi connectivity index (χ2v) is 9.09. The molecule has 0 saturated heterocycles. The fraction of sp³-hybridized carbons (Fsp3) is 0.765. The average Bonchev–Trinajstić information content (AvgIpc) is 2.44. The van der Waals surface area contributed by atoms with Crippen LogP contribution in [0.5, 0.6) is 0 Å². The Kier molecular flexibility index (Phi) is 10.1. The fourth-order valence-electron chi connectivity index (χ4n) is 1.73. The lowest BCUT2D eigenvalue weighted by atomic mass is 10.2. The number of carbonyl (C=O) groups is 4. The largest absolute Gasteiger partial charge is 0.480 e. The van der Waals surface area contributed by atoms with Crippen molar-refractivity contribution in [3.8, 4) is 0 Å². The van der Waals surface area contributed by atoms with E-state index in [4.69, 9.17) is 9.47 Å². The van der Waals surface area contributed by atoms with Crippen LogP contribution in [0.2, 0.25) is 0 Å².